The first-order valence-electron chi connectivity index (χ1n) is 7.85. The summed E-state index contributed by atoms with van der Waals surface area (Å²) < 4.78 is 42.5. The Morgan fingerprint density at radius 2 is 1.92 bits per heavy atom. The summed E-state index contributed by atoms with van der Waals surface area (Å²) in [6.07, 6.45) is -2.52. The molecule has 2 aromatic rings. The Labute approximate surface area is 152 Å². The predicted octanol–water partition coefficient (Wildman–Crippen LogP) is 4.42. The molecule has 0 radical (unpaired) electrons. The number of carbonyl (C=O) groups excluding carboxylic acids is 1. The van der Waals surface area contributed by atoms with Gasteiger partial charge in [0.1, 0.15) is 16.7 Å². The highest BCUT2D eigenvalue weighted by Gasteiger charge is 2.31. The summed E-state index contributed by atoms with van der Waals surface area (Å²) in [5.41, 5.74) is -0.133. The molecule has 1 fully saturated rings. The molecule has 0 aliphatic heterocycles. The van der Waals surface area contributed by atoms with E-state index in [-0.39, 0.29) is 29.0 Å². The first-order valence-corrected chi connectivity index (χ1v) is 8.23. The first-order chi connectivity index (χ1) is 12.3. The van der Waals surface area contributed by atoms with Gasteiger partial charge in [0, 0.05) is 12.5 Å². The fourth-order valence-electron chi connectivity index (χ4n) is 2.33. The molecule has 9 heteroatoms. The van der Waals surface area contributed by atoms with Gasteiger partial charge in [-0.1, -0.05) is 23.7 Å². The number of rotatable bonds is 5. The van der Waals surface area contributed by atoms with Gasteiger partial charge in [-0.05, 0) is 30.5 Å². The molecule has 1 aliphatic rings. The number of ether oxygens (including phenoxy) is 1. The van der Waals surface area contributed by atoms with Gasteiger partial charge in [0.2, 0.25) is 0 Å². The second-order valence-electron chi connectivity index (χ2n) is 5.91. The number of nitrogens with one attached hydrogen (secondary N) is 1. The van der Waals surface area contributed by atoms with E-state index in [1.54, 1.807) is 0 Å². The summed E-state index contributed by atoms with van der Waals surface area (Å²) in [4.78, 5) is 20.4. The first kappa shape index (κ1) is 18.4. The van der Waals surface area contributed by atoms with Crippen molar-refractivity contribution in [2.45, 2.75) is 31.5 Å². The zero-order valence-corrected chi connectivity index (χ0v) is 14.5. The molecule has 1 aromatic heterocycles. The summed E-state index contributed by atoms with van der Waals surface area (Å²) in [5.74, 6) is 0.271. The average Bonchev–Trinajstić information content (AvgIpc) is 3.45. The average molecular weight is 386 g/mol. The molecule has 0 spiro atoms. The standard InChI is InChI=1S/C17H15ClF3N3O2/c1-26-16(25)13-12(18)15(24-14(23-13)10-4-5-10)22-8-9-2-6-11(7-3-9)17(19,20)21/h2-3,6-7,10H,4-5,8H2,1H3,(H,22,23,24). The lowest BCUT2D eigenvalue weighted by atomic mass is 10.1. The van der Waals surface area contributed by atoms with Crippen molar-refractivity contribution in [2.24, 2.45) is 0 Å². The van der Waals surface area contributed by atoms with Crippen LogP contribution in [0.4, 0.5) is 19.0 Å². The van der Waals surface area contributed by atoms with Crippen LogP contribution in [0.15, 0.2) is 24.3 Å². The Hall–Kier alpha value is -2.35. The van der Waals surface area contributed by atoms with Crippen molar-refractivity contribution >= 4 is 23.4 Å². The summed E-state index contributed by atoms with van der Waals surface area (Å²) in [6, 6.07) is 4.75. The Bertz CT molecular complexity index is 821. The van der Waals surface area contributed by atoms with Crippen molar-refractivity contribution < 1.29 is 22.7 Å². The smallest absolute Gasteiger partial charge is 0.416 e. The molecule has 5 nitrogen and oxygen atoms in total. The highest BCUT2D eigenvalue weighted by Crippen LogP contribution is 2.39. The zero-order valence-electron chi connectivity index (χ0n) is 13.7. The molecule has 0 bridgehead atoms. The van der Waals surface area contributed by atoms with Crippen LogP contribution in [0, 0.1) is 0 Å². The van der Waals surface area contributed by atoms with E-state index in [1.807, 2.05) is 0 Å². The molecule has 138 valence electrons. The Morgan fingerprint density at radius 3 is 2.46 bits per heavy atom. The molecule has 0 saturated heterocycles. The van der Waals surface area contributed by atoms with Crippen molar-refractivity contribution in [3.63, 3.8) is 0 Å². The van der Waals surface area contributed by atoms with Crippen LogP contribution in [-0.2, 0) is 17.5 Å². The van der Waals surface area contributed by atoms with Gasteiger partial charge in [-0.15, -0.1) is 0 Å². The van der Waals surface area contributed by atoms with Crippen molar-refractivity contribution in [3.05, 3.63) is 51.9 Å². The van der Waals surface area contributed by atoms with E-state index in [2.05, 4.69) is 20.0 Å². The number of esters is 1. The van der Waals surface area contributed by atoms with Crippen LogP contribution in [0.1, 0.15) is 46.2 Å². The van der Waals surface area contributed by atoms with Gasteiger partial charge in [0.15, 0.2) is 5.69 Å². The molecule has 0 atom stereocenters. The zero-order chi connectivity index (χ0) is 18.9. The quantitative estimate of drug-likeness (QED) is 0.771. The van der Waals surface area contributed by atoms with Crippen LogP contribution in [0.5, 0.6) is 0 Å². The lowest BCUT2D eigenvalue weighted by Gasteiger charge is -2.12. The number of nitrogens with zero attached hydrogens (tertiary/aromatic N) is 2. The van der Waals surface area contributed by atoms with Crippen molar-refractivity contribution in [2.75, 3.05) is 12.4 Å². The number of carbonyl (C=O) groups is 1. The van der Waals surface area contributed by atoms with Crippen molar-refractivity contribution in [1.82, 2.24) is 9.97 Å². The number of benzene rings is 1. The normalized spacial score (nSPS) is 14.2. The summed E-state index contributed by atoms with van der Waals surface area (Å²) in [6.45, 7) is 0.194. The van der Waals surface area contributed by atoms with Crippen LogP contribution in [0.3, 0.4) is 0 Å². The topological polar surface area (TPSA) is 64.1 Å². The summed E-state index contributed by atoms with van der Waals surface area (Å²) in [7, 11) is 1.23. The number of methoxy groups -OCH3 is 1. The fourth-order valence-corrected chi connectivity index (χ4v) is 2.56. The molecular weight excluding hydrogens is 371 g/mol. The number of alkyl halides is 3. The third kappa shape index (κ3) is 4.07. The van der Waals surface area contributed by atoms with Crippen LogP contribution in [0.25, 0.3) is 0 Å². The maximum Gasteiger partial charge on any atom is 0.416 e. The molecule has 26 heavy (non-hydrogen) atoms. The van der Waals surface area contributed by atoms with Gasteiger partial charge in [-0.25, -0.2) is 14.8 Å². The minimum absolute atomic E-state index is 0.0214. The maximum atomic E-state index is 12.6. The Morgan fingerprint density at radius 1 is 1.27 bits per heavy atom. The Balaban J connectivity index is 1.80. The summed E-state index contributed by atoms with van der Waals surface area (Å²) in [5, 5.41) is 2.98. The second-order valence-corrected chi connectivity index (χ2v) is 6.29. The summed E-state index contributed by atoms with van der Waals surface area (Å²) >= 11 is 6.19. The SMILES string of the molecule is COC(=O)c1nc(C2CC2)nc(NCc2ccc(C(F)(F)F)cc2)c1Cl. The van der Waals surface area contributed by atoms with Gasteiger partial charge in [-0.3, -0.25) is 0 Å². The second kappa shape index (κ2) is 7.11. The van der Waals surface area contributed by atoms with E-state index >= 15 is 0 Å². The number of hydrogen-bond donors (Lipinski definition) is 1. The van der Waals surface area contributed by atoms with E-state index in [0.29, 0.717) is 11.4 Å². The molecule has 0 unspecified atom stereocenters. The van der Waals surface area contributed by atoms with Gasteiger partial charge in [-0.2, -0.15) is 13.2 Å². The monoisotopic (exact) mass is 385 g/mol. The number of halogens is 4. The lowest BCUT2D eigenvalue weighted by Crippen LogP contribution is -2.12. The molecule has 3 rings (SSSR count). The van der Waals surface area contributed by atoms with E-state index in [4.69, 9.17) is 11.6 Å². The lowest BCUT2D eigenvalue weighted by molar-refractivity contribution is -0.137. The van der Waals surface area contributed by atoms with Crippen LogP contribution in [0.2, 0.25) is 5.02 Å². The van der Waals surface area contributed by atoms with E-state index < -0.39 is 17.7 Å². The molecule has 1 aliphatic carbocycles. The van der Waals surface area contributed by atoms with Gasteiger partial charge in [0.05, 0.1) is 12.7 Å². The molecule has 1 aromatic carbocycles. The number of hydrogen-bond acceptors (Lipinski definition) is 5. The van der Waals surface area contributed by atoms with E-state index in [0.717, 1.165) is 25.0 Å². The molecule has 0 amide bonds. The molecule has 1 saturated carbocycles. The maximum absolute atomic E-state index is 12.6. The van der Waals surface area contributed by atoms with Crippen LogP contribution in [-0.4, -0.2) is 23.0 Å². The number of anilines is 1. The highest BCUT2D eigenvalue weighted by atomic mass is 35.5. The van der Waals surface area contributed by atoms with Crippen LogP contribution >= 0.6 is 11.6 Å². The Kier molecular flexibility index (Phi) is 5.04. The van der Waals surface area contributed by atoms with Crippen LogP contribution < -0.4 is 5.32 Å². The van der Waals surface area contributed by atoms with Gasteiger partial charge < -0.3 is 10.1 Å². The van der Waals surface area contributed by atoms with Crippen molar-refractivity contribution in [1.29, 1.82) is 0 Å². The van der Waals surface area contributed by atoms with Gasteiger partial charge in [0.25, 0.3) is 0 Å². The third-order valence-corrected chi connectivity index (χ3v) is 4.29. The molecular formula is C17H15ClF3N3O2. The minimum Gasteiger partial charge on any atom is -0.464 e. The fraction of sp³-hybridized carbons (Fsp3) is 0.353. The van der Waals surface area contributed by atoms with Crippen molar-refractivity contribution in [3.8, 4) is 0 Å². The third-order valence-electron chi connectivity index (χ3n) is 3.93. The predicted molar refractivity (Wildman–Crippen MR) is 89.1 cm³/mol. The highest BCUT2D eigenvalue weighted by molar-refractivity contribution is 6.35. The largest absolute Gasteiger partial charge is 0.464 e. The van der Waals surface area contributed by atoms with E-state index in [9.17, 15) is 18.0 Å². The molecule has 1 N–H and O–H groups in total. The number of aromatic nitrogens is 2. The van der Waals surface area contributed by atoms with Gasteiger partial charge >= 0.3 is 12.1 Å². The van der Waals surface area contributed by atoms with E-state index in [1.165, 1.54) is 19.2 Å². The minimum atomic E-state index is -4.38. The molecule has 1 heterocycles.